The van der Waals surface area contributed by atoms with Gasteiger partial charge in [0.25, 0.3) is 0 Å². The largest absolute Gasteiger partial charge is 0.456 e. The molecule has 0 saturated carbocycles. The van der Waals surface area contributed by atoms with Crippen molar-refractivity contribution in [2.24, 2.45) is 5.41 Å². The molecule has 7 nitrogen and oxygen atoms in total. The van der Waals surface area contributed by atoms with Crippen molar-refractivity contribution in [3.05, 3.63) is 48.3 Å². The van der Waals surface area contributed by atoms with E-state index in [0.717, 1.165) is 0 Å². The van der Waals surface area contributed by atoms with E-state index in [-0.39, 0.29) is 24.8 Å². The van der Waals surface area contributed by atoms with Gasteiger partial charge in [0.2, 0.25) is 5.91 Å². The molecule has 0 bridgehead atoms. The first-order valence-corrected chi connectivity index (χ1v) is 7.83. The van der Waals surface area contributed by atoms with Gasteiger partial charge < -0.3 is 10.1 Å². The minimum Gasteiger partial charge on any atom is -0.456 e. The first kappa shape index (κ1) is 18.4. The Morgan fingerprint density at radius 3 is 2.40 bits per heavy atom. The number of carbonyl (C=O) groups excluding carboxylic acids is 3. The maximum Gasteiger partial charge on any atom is 0.328 e. The number of hydrogen-bond acceptors (Lipinski definition) is 5. The molecule has 1 N–H and O–H groups in total. The third-order valence-corrected chi connectivity index (χ3v) is 3.36. The number of nitrogens with one attached hydrogen (secondary N) is 1. The van der Waals surface area contributed by atoms with Crippen LogP contribution >= 0.6 is 0 Å². The quantitative estimate of drug-likeness (QED) is 0.642. The molecule has 132 valence electrons. The zero-order chi connectivity index (χ0) is 18.4. The molecule has 0 atom stereocenters. The highest BCUT2D eigenvalue weighted by Gasteiger charge is 2.21. The van der Waals surface area contributed by atoms with Gasteiger partial charge in [-0.15, -0.1) is 0 Å². The van der Waals surface area contributed by atoms with E-state index in [1.165, 1.54) is 4.68 Å². The van der Waals surface area contributed by atoms with Gasteiger partial charge in [-0.25, -0.2) is 0 Å². The molecule has 1 aromatic carbocycles. The molecule has 0 spiro atoms. The summed E-state index contributed by atoms with van der Waals surface area (Å²) in [6.07, 6.45) is 3.19. The first-order chi connectivity index (χ1) is 11.8. The maximum atomic E-state index is 12.1. The van der Waals surface area contributed by atoms with E-state index in [9.17, 15) is 14.4 Å². The van der Waals surface area contributed by atoms with Gasteiger partial charge in [0.1, 0.15) is 6.54 Å². The number of esters is 1. The highest BCUT2D eigenvalue weighted by Crippen LogP contribution is 2.17. The molecular weight excluding hydrogens is 322 g/mol. The summed E-state index contributed by atoms with van der Waals surface area (Å²) >= 11 is 0. The van der Waals surface area contributed by atoms with E-state index in [1.54, 1.807) is 42.7 Å². The van der Waals surface area contributed by atoms with Crippen LogP contribution in [0, 0.1) is 5.41 Å². The average molecular weight is 343 g/mol. The van der Waals surface area contributed by atoms with Gasteiger partial charge in [-0.05, 0) is 30.3 Å². The minimum atomic E-state index is -0.536. The third kappa shape index (κ3) is 5.56. The highest BCUT2D eigenvalue weighted by molar-refractivity contribution is 5.99. The van der Waals surface area contributed by atoms with Crippen molar-refractivity contribution in [2.75, 3.05) is 11.9 Å². The topological polar surface area (TPSA) is 90.3 Å². The van der Waals surface area contributed by atoms with Crippen molar-refractivity contribution in [1.82, 2.24) is 9.78 Å². The lowest BCUT2D eigenvalue weighted by molar-refractivity contribution is -0.143. The van der Waals surface area contributed by atoms with E-state index < -0.39 is 11.4 Å². The van der Waals surface area contributed by atoms with Crippen molar-refractivity contribution < 1.29 is 19.1 Å². The Morgan fingerprint density at radius 2 is 1.84 bits per heavy atom. The summed E-state index contributed by atoms with van der Waals surface area (Å²) < 4.78 is 6.37. The van der Waals surface area contributed by atoms with Crippen LogP contribution in [0.5, 0.6) is 0 Å². The smallest absolute Gasteiger partial charge is 0.328 e. The average Bonchev–Trinajstić information content (AvgIpc) is 3.05. The SMILES string of the molecule is CC(C)(C)C(=O)Nc1ccc(C(=O)COC(=O)Cn2cccn2)cc1. The number of anilines is 1. The second-order valence-electron chi connectivity index (χ2n) is 6.57. The summed E-state index contributed by atoms with van der Waals surface area (Å²) in [6.45, 7) is 5.07. The van der Waals surface area contributed by atoms with Crippen LogP contribution in [0.1, 0.15) is 31.1 Å². The van der Waals surface area contributed by atoms with Gasteiger partial charge >= 0.3 is 5.97 Å². The van der Waals surface area contributed by atoms with Crippen LogP contribution in [0.15, 0.2) is 42.7 Å². The lowest BCUT2D eigenvalue weighted by Gasteiger charge is -2.17. The monoisotopic (exact) mass is 343 g/mol. The molecule has 1 amide bonds. The summed E-state index contributed by atoms with van der Waals surface area (Å²) in [5.74, 6) is -0.965. The number of rotatable bonds is 6. The van der Waals surface area contributed by atoms with Crippen molar-refractivity contribution in [2.45, 2.75) is 27.3 Å². The fourth-order valence-electron chi connectivity index (χ4n) is 1.86. The number of hydrogen-bond donors (Lipinski definition) is 1. The van der Waals surface area contributed by atoms with E-state index in [2.05, 4.69) is 10.4 Å². The standard InChI is InChI=1S/C18H21N3O4/c1-18(2,3)17(24)20-14-7-5-13(6-8-14)15(22)12-25-16(23)11-21-10-4-9-19-21/h4-10H,11-12H2,1-3H3,(H,20,24). The van der Waals surface area contributed by atoms with E-state index in [4.69, 9.17) is 4.74 Å². The summed E-state index contributed by atoms with van der Waals surface area (Å²) in [4.78, 5) is 35.6. The molecule has 0 fully saturated rings. The van der Waals surface area contributed by atoms with Crippen LogP contribution < -0.4 is 5.32 Å². The van der Waals surface area contributed by atoms with Crippen molar-refractivity contribution in [3.8, 4) is 0 Å². The van der Waals surface area contributed by atoms with Crippen LogP contribution in [0.3, 0.4) is 0 Å². The Hall–Kier alpha value is -2.96. The number of amides is 1. The molecule has 0 saturated heterocycles. The normalized spacial score (nSPS) is 11.0. The predicted molar refractivity (Wildman–Crippen MR) is 92.0 cm³/mol. The third-order valence-electron chi connectivity index (χ3n) is 3.36. The molecule has 0 aliphatic rings. The van der Waals surface area contributed by atoms with E-state index >= 15 is 0 Å². The predicted octanol–water partition coefficient (Wildman–Crippen LogP) is 2.29. The maximum absolute atomic E-state index is 12.1. The summed E-state index contributed by atoms with van der Waals surface area (Å²) in [5, 5.41) is 6.67. The lowest BCUT2D eigenvalue weighted by atomic mass is 9.95. The van der Waals surface area contributed by atoms with Gasteiger partial charge in [0, 0.05) is 29.1 Å². The van der Waals surface area contributed by atoms with Crippen LogP contribution in [-0.4, -0.2) is 34.0 Å². The number of ketones is 1. The molecule has 2 rings (SSSR count). The number of Topliss-reactive ketones (excluding diaryl/α,β-unsaturated/α-hetero) is 1. The molecule has 1 aromatic heterocycles. The molecule has 0 radical (unpaired) electrons. The molecular formula is C18H21N3O4. The van der Waals surface area contributed by atoms with Crippen LogP contribution in [0.4, 0.5) is 5.69 Å². The molecule has 0 unspecified atom stereocenters. The number of aromatic nitrogens is 2. The van der Waals surface area contributed by atoms with Crippen LogP contribution in [0.25, 0.3) is 0 Å². The van der Waals surface area contributed by atoms with E-state index in [0.29, 0.717) is 11.3 Å². The zero-order valence-electron chi connectivity index (χ0n) is 14.5. The Balaban J connectivity index is 1.85. The molecule has 0 aliphatic carbocycles. The van der Waals surface area contributed by atoms with Crippen molar-refractivity contribution in [3.63, 3.8) is 0 Å². The number of nitrogens with zero attached hydrogens (tertiary/aromatic N) is 2. The van der Waals surface area contributed by atoms with E-state index in [1.807, 2.05) is 20.8 Å². The second-order valence-corrected chi connectivity index (χ2v) is 6.57. The van der Waals surface area contributed by atoms with Crippen LogP contribution in [-0.2, 0) is 20.9 Å². The summed E-state index contributed by atoms with van der Waals surface area (Å²) in [6, 6.07) is 8.15. The molecule has 25 heavy (non-hydrogen) atoms. The van der Waals surface area contributed by atoms with Crippen molar-refractivity contribution in [1.29, 1.82) is 0 Å². The van der Waals surface area contributed by atoms with Gasteiger partial charge in [-0.1, -0.05) is 20.8 Å². The summed E-state index contributed by atoms with van der Waals surface area (Å²) in [5.41, 5.74) is 0.505. The molecule has 1 heterocycles. The number of ether oxygens (including phenoxy) is 1. The highest BCUT2D eigenvalue weighted by atomic mass is 16.5. The molecule has 7 heteroatoms. The Labute approximate surface area is 146 Å². The number of benzene rings is 1. The molecule has 0 aliphatic heterocycles. The fraction of sp³-hybridized carbons (Fsp3) is 0.333. The Morgan fingerprint density at radius 1 is 1.16 bits per heavy atom. The Kier molecular flexibility index (Phi) is 5.69. The van der Waals surface area contributed by atoms with Gasteiger partial charge in [0.15, 0.2) is 12.4 Å². The Bertz CT molecular complexity index is 744. The van der Waals surface area contributed by atoms with Crippen LogP contribution in [0.2, 0.25) is 0 Å². The van der Waals surface area contributed by atoms with Gasteiger partial charge in [-0.2, -0.15) is 5.10 Å². The number of carbonyl (C=O) groups is 3. The fourth-order valence-corrected chi connectivity index (χ4v) is 1.86. The first-order valence-electron chi connectivity index (χ1n) is 7.83. The lowest BCUT2D eigenvalue weighted by Crippen LogP contribution is -2.27. The second kappa shape index (κ2) is 7.74. The molecule has 2 aromatic rings. The van der Waals surface area contributed by atoms with Gasteiger partial charge in [0.05, 0.1) is 0 Å². The van der Waals surface area contributed by atoms with Crippen molar-refractivity contribution >= 4 is 23.3 Å². The zero-order valence-corrected chi connectivity index (χ0v) is 14.5. The van der Waals surface area contributed by atoms with Gasteiger partial charge in [-0.3, -0.25) is 19.1 Å². The minimum absolute atomic E-state index is 0.0436. The summed E-state index contributed by atoms with van der Waals surface area (Å²) in [7, 11) is 0.